The second-order valence-corrected chi connectivity index (χ2v) is 3.86. The van der Waals surface area contributed by atoms with Crippen LogP contribution in [0.1, 0.15) is 0 Å². The Hall–Kier alpha value is -2.91. The van der Waals surface area contributed by atoms with Gasteiger partial charge in [0.25, 0.3) is 5.69 Å². The maximum absolute atomic E-state index is 11.0. The first kappa shape index (κ1) is 15.1. The molecule has 2 amide bonds. The number of pyridine rings is 1. The average molecular weight is 282 g/mol. The molecule has 0 saturated carbocycles. The highest BCUT2D eigenvalue weighted by atomic mass is 16.6. The van der Waals surface area contributed by atoms with E-state index in [1.807, 2.05) is 0 Å². The van der Waals surface area contributed by atoms with Crippen LogP contribution in [0.5, 0.6) is 0 Å². The molecule has 1 heterocycles. The zero-order chi connectivity index (χ0) is 15.3. The van der Waals surface area contributed by atoms with Gasteiger partial charge in [0.1, 0.15) is 11.6 Å². The summed E-state index contributed by atoms with van der Waals surface area (Å²) in [7, 11) is 1.53. The van der Waals surface area contributed by atoms with E-state index < -0.39 is 16.7 Å². The second-order valence-electron chi connectivity index (χ2n) is 3.86. The van der Waals surface area contributed by atoms with E-state index >= 15 is 0 Å². The molecule has 108 valence electrons. The molecule has 1 aromatic heterocycles. The molecule has 1 rings (SSSR count). The van der Waals surface area contributed by atoms with E-state index in [4.69, 9.17) is 11.5 Å². The van der Waals surface area contributed by atoms with Crippen molar-refractivity contribution in [3.63, 3.8) is 0 Å². The fraction of sp³-hybridized carbons (Fsp3) is 0.300. The smallest absolute Gasteiger partial charge is 0.276 e. The molecular weight excluding hydrogens is 268 g/mol. The van der Waals surface area contributed by atoms with E-state index in [1.165, 1.54) is 18.0 Å². The van der Waals surface area contributed by atoms with Crippen molar-refractivity contribution in [2.75, 3.05) is 30.4 Å². The molecular formula is C10H14N6O4. The maximum atomic E-state index is 11.0. The minimum atomic E-state index is -0.717. The highest BCUT2D eigenvalue weighted by molar-refractivity contribution is 5.84. The van der Waals surface area contributed by atoms with E-state index in [2.05, 4.69) is 10.3 Å². The van der Waals surface area contributed by atoms with Crippen LogP contribution >= 0.6 is 0 Å². The van der Waals surface area contributed by atoms with Gasteiger partial charge < -0.3 is 21.7 Å². The van der Waals surface area contributed by atoms with Crippen LogP contribution in [-0.4, -0.2) is 41.9 Å². The first-order valence-corrected chi connectivity index (χ1v) is 5.49. The summed E-state index contributed by atoms with van der Waals surface area (Å²) >= 11 is 0. The molecule has 0 aliphatic rings. The molecule has 0 aliphatic heterocycles. The summed E-state index contributed by atoms with van der Waals surface area (Å²) in [6.07, 6.45) is 0. The predicted molar refractivity (Wildman–Crippen MR) is 71.0 cm³/mol. The van der Waals surface area contributed by atoms with Crippen LogP contribution in [0.4, 0.5) is 17.3 Å². The second kappa shape index (κ2) is 6.31. The van der Waals surface area contributed by atoms with Gasteiger partial charge in [0.15, 0.2) is 0 Å². The third kappa shape index (κ3) is 4.08. The van der Waals surface area contributed by atoms with E-state index in [0.717, 1.165) is 6.07 Å². The highest BCUT2D eigenvalue weighted by Crippen LogP contribution is 2.22. The number of nitrogens with one attached hydrogen (secondary N) is 1. The molecule has 0 spiro atoms. The monoisotopic (exact) mass is 282 g/mol. The Labute approximate surface area is 113 Å². The molecule has 0 aliphatic carbocycles. The summed E-state index contributed by atoms with van der Waals surface area (Å²) in [4.78, 5) is 37.4. The number of hydrogen-bond acceptors (Lipinski definition) is 7. The van der Waals surface area contributed by atoms with Crippen molar-refractivity contribution < 1.29 is 14.5 Å². The molecule has 10 nitrogen and oxygen atoms in total. The Morgan fingerprint density at radius 3 is 2.30 bits per heavy atom. The molecule has 0 atom stereocenters. The molecule has 20 heavy (non-hydrogen) atoms. The van der Waals surface area contributed by atoms with Gasteiger partial charge in [-0.25, -0.2) is 4.98 Å². The van der Waals surface area contributed by atoms with Gasteiger partial charge in [0, 0.05) is 7.05 Å². The summed E-state index contributed by atoms with van der Waals surface area (Å²) in [5.41, 5.74) is 9.89. The lowest BCUT2D eigenvalue weighted by atomic mass is 10.3. The van der Waals surface area contributed by atoms with Gasteiger partial charge in [0.05, 0.1) is 30.1 Å². The topological polar surface area (TPSA) is 157 Å². The van der Waals surface area contributed by atoms with E-state index in [1.54, 1.807) is 0 Å². The van der Waals surface area contributed by atoms with Gasteiger partial charge in [-0.2, -0.15) is 0 Å². The summed E-state index contributed by atoms with van der Waals surface area (Å²) in [6, 6.07) is 2.35. The number of nitrogens with zero attached hydrogens (tertiary/aromatic N) is 3. The van der Waals surface area contributed by atoms with Crippen LogP contribution in [0.15, 0.2) is 12.1 Å². The first-order chi connectivity index (χ1) is 9.33. The predicted octanol–water partition coefficient (Wildman–Crippen LogP) is -1.19. The Bertz CT molecular complexity index is 531. The number of carbonyl (C=O) groups excluding carboxylic acids is 2. The minimum absolute atomic E-state index is 0.0566. The van der Waals surface area contributed by atoms with Crippen molar-refractivity contribution >= 4 is 29.1 Å². The number of amides is 2. The first-order valence-electron chi connectivity index (χ1n) is 5.49. The summed E-state index contributed by atoms with van der Waals surface area (Å²) in [5.74, 6) is -1.16. The van der Waals surface area contributed by atoms with Gasteiger partial charge in [-0.05, 0) is 0 Å². The molecule has 0 fully saturated rings. The summed E-state index contributed by atoms with van der Waals surface area (Å²) < 4.78 is 0. The zero-order valence-electron chi connectivity index (χ0n) is 10.7. The lowest BCUT2D eigenvalue weighted by Gasteiger charge is -2.20. The fourth-order valence-corrected chi connectivity index (χ4v) is 1.49. The lowest BCUT2D eigenvalue weighted by molar-refractivity contribution is -0.384. The van der Waals surface area contributed by atoms with Crippen molar-refractivity contribution in [2.24, 2.45) is 11.5 Å². The maximum Gasteiger partial charge on any atom is 0.276 e. The SMILES string of the molecule is CNc1cc([N+](=O)[O-])cc(N(CC(N)=O)CC(N)=O)n1. The standard InChI is InChI=1S/C10H14N6O4/c1-13-9-2-6(16(19)20)3-10(14-9)15(4-7(11)17)5-8(12)18/h2-3H,4-5H2,1H3,(H2,11,17)(H2,12,18)(H,13,14). The molecule has 0 saturated heterocycles. The fourth-order valence-electron chi connectivity index (χ4n) is 1.49. The van der Waals surface area contributed by atoms with Crippen LogP contribution in [0.3, 0.4) is 0 Å². The zero-order valence-corrected chi connectivity index (χ0v) is 10.7. The minimum Gasteiger partial charge on any atom is -0.373 e. The van der Waals surface area contributed by atoms with Gasteiger partial charge in [-0.15, -0.1) is 0 Å². The molecule has 0 bridgehead atoms. The van der Waals surface area contributed by atoms with Gasteiger partial charge in [-0.3, -0.25) is 19.7 Å². The number of primary amides is 2. The van der Waals surface area contributed by atoms with Crippen molar-refractivity contribution in [2.45, 2.75) is 0 Å². The molecule has 0 radical (unpaired) electrons. The summed E-state index contributed by atoms with van der Waals surface area (Å²) in [6.45, 7) is -0.666. The normalized spacial score (nSPS) is 9.85. The van der Waals surface area contributed by atoms with E-state index in [-0.39, 0.29) is 30.4 Å². The molecule has 5 N–H and O–H groups in total. The van der Waals surface area contributed by atoms with Crippen LogP contribution in [-0.2, 0) is 9.59 Å². The number of nitro groups is 1. The Balaban J connectivity index is 3.22. The quantitative estimate of drug-likeness (QED) is 0.419. The van der Waals surface area contributed by atoms with Crippen molar-refractivity contribution in [3.8, 4) is 0 Å². The van der Waals surface area contributed by atoms with Crippen LogP contribution in [0.25, 0.3) is 0 Å². The van der Waals surface area contributed by atoms with Crippen LogP contribution < -0.4 is 21.7 Å². The Morgan fingerprint density at radius 1 is 1.35 bits per heavy atom. The number of anilines is 2. The number of aromatic nitrogens is 1. The van der Waals surface area contributed by atoms with E-state index in [0.29, 0.717) is 0 Å². The number of nitrogens with two attached hydrogens (primary N) is 2. The average Bonchev–Trinajstić information content (AvgIpc) is 2.36. The van der Waals surface area contributed by atoms with Crippen molar-refractivity contribution in [1.82, 2.24) is 4.98 Å². The van der Waals surface area contributed by atoms with Crippen LogP contribution in [0, 0.1) is 10.1 Å². The van der Waals surface area contributed by atoms with Crippen molar-refractivity contribution in [1.29, 1.82) is 0 Å². The Kier molecular flexibility index (Phi) is 4.78. The van der Waals surface area contributed by atoms with Crippen LogP contribution in [0.2, 0.25) is 0 Å². The third-order valence-corrected chi connectivity index (χ3v) is 2.28. The number of carbonyl (C=O) groups is 2. The van der Waals surface area contributed by atoms with Gasteiger partial charge in [-0.1, -0.05) is 0 Å². The van der Waals surface area contributed by atoms with E-state index in [9.17, 15) is 19.7 Å². The Morgan fingerprint density at radius 2 is 1.90 bits per heavy atom. The highest BCUT2D eigenvalue weighted by Gasteiger charge is 2.18. The van der Waals surface area contributed by atoms with Gasteiger partial charge in [0.2, 0.25) is 11.8 Å². The number of hydrogen-bond donors (Lipinski definition) is 3. The molecule has 0 unspecified atom stereocenters. The summed E-state index contributed by atoms with van der Waals surface area (Å²) in [5, 5.41) is 13.5. The third-order valence-electron chi connectivity index (χ3n) is 2.28. The van der Waals surface area contributed by atoms with Gasteiger partial charge >= 0.3 is 0 Å². The molecule has 10 heteroatoms. The largest absolute Gasteiger partial charge is 0.373 e. The number of rotatable bonds is 7. The molecule has 1 aromatic rings. The van der Waals surface area contributed by atoms with Crippen molar-refractivity contribution in [3.05, 3.63) is 22.2 Å². The molecule has 0 aromatic carbocycles. The lowest BCUT2D eigenvalue weighted by Crippen LogP contribution is -2.40.